The maximum Gasteiger partial charge on any atom is 0.117 e. The van der Waals surface area contributed by atoms with Gasteiger partial charge in [0.15, 0.2) is 0 Å². The topological polar surface area (TPSA) is 37.8 Å². The minimum absolute atomic E-state index is 0.106. The van der Waals surface area contributed by atoms with Gasteiger partial charge in [-0.15, -0.1) is 22.7 Å². The van der Waals surface area contributed by atoms with Crippen molar-refractivity contribution in [2.45, 2.75) is 39.2 Å². The van der Waals surface area contributed by atoms with Gasteiger partial charge in [-0.1, -0.05) is 27.7 Å². The van der Waals surface area contributed by atoms with Crippen molar-refractivity contribution in [1.29, 1.82) is 0 Å². The molecule has 3 nitrogen and oxygen atoms in total. The van der Waals surface area contributed by atoms with Gasteiger partial charge in [0.05, 0.1) is 5.69 Å². The molecule has 0 aliphatic carbocycles. The van der Waals surface area contributed by atoms with E-state index in [-0.39, 0.29) is 11.5 Å². The van der Waals surface area contributed by atoms with E-state index in [9.17, 15) is 0 Å². The second kappa shape index (κ2) is 5.47. The maximum absolute atomic E-state index is 4.78. The van der Waals surface area contributed by atoms with Gasteiger partial charge in [-0.2, -0.15) is 0 Å². The van der Waals surface area contributed by atoms with E-state index >= 15 is 0 Å². The summed E-state index contributed by atoms with van der Waals surface area (Å²) < 4.78 is 0. The molecule has 2 aromatic rings. The highest BCUT2D eigenvalue weighted by Crippen LogP contribution is 2.30. The molecule has 0 amide bonds. The first-order valence-corrected chi connectivity index (χ1v) is 7.87. The van der Waals surface area contributed by atoms with Gasteiger partial charge in [0.2, 0.25) is 0 Å². The molecular formula is C13H19N3S2. The number of hydrogen-bond donors (Lipinski definition) is 1. The predicted octanol–water partition coefficient (Wildman–Crippen LogP) is 3.60. The Morgan fingerprint density at radius 2 is 2.06 bits per heavy atom. The van der Waals surface area contributed by atoms with Crippen molar-refractivity contribution in [1.82, 2.24) is 15.3 Å². The Morgan fingerprint density at radius 1 is 1.28 bits per heavy atom. The summed E-state index contributed by atoms with van der Waals surface area (Å²) in [7, 11) is 0. The molecule has 0 bridgehead atoms. The van der Waals surface area contributed by atoms with E-state index in [2.05, 4.69) is 43.4 Å². The zero-order valence-electron chi connectivity index (χ0n) is 11.2. The van der Waals surface area contributed by atoms with Crippen molar-refractivity contribution in [3.05, 3.63) is 32.7 Å². The van der Waals surface area contributed by atoms with E-state index in [0.29, 0.717) is 0 Å². The highest BCUT2D eigenvalue weighted by molar-refractivity contribution is 7.11. The molecule has 1 atom stereocenters. The van der Waals surface area contributed by atoms with E-state index in [1.807, 2.05) is 11.6 Å². The van der Waals surface area contributed by atoms with Crippen LogP contribution < -0.4 is 5.32 Å². The fourth-order valence-corrected chi connectivity index (χ4v) is 3.54. The first kappa shape index (κ1) is 13.6. The van der Waals surface area contributed by atoms with E-state index in [1.54, 1.807) is 22.7 Å². The molecule has 18 heavy (non-hydrogen) atoms. The minimum Gasteiger partial charge on any atom is -0.303 e. The lowest BCUT2D eigenvalue weighted by atomic mass is 9.93. The third-order valence-electron chi connectivity index (χ3n) is 2.64. The molecular weight excluding hydrogens is 262 g/mol. The van der Waals surface area contributed by atoms with Crippen LogP contribution in [0.5, 0.6) is 0 Å². The Kier molecular flexibility index (Phi) is 4.14. The summed E-state index contributed by atoms with van der Waals surface area (Å²) in [5, 5.41) is 9.83. The molecule has 0 aromatic carbocycles. The molecule has 2 heterocycles. The monoisotopic (exact) mass is 281 g/mol. The summed E-state index contributed by atoms with van der Waals surface area (Å²) in [5.74, 6) is 0. The minimum atomic E-state index is 0.106. The van der Waals surface area contributed by atoms with E-state index < -0.39 is 0 Å². The van der Waals surface area contributed by atoms with Crippen LogP contribution >= 0.6 is 22.7 Å². The molecule has 1 N–H and O–H groups in total. The summed E-state index contributed by atoms with van der Waals surface area (Å²) in [6, 6.07) is 0.135. The molecule has 1 unspecified atom stereocenters. The van der Waals surface area contributed by atoms with Crippen LogP contribution in [0.2, 0.25) is 0 Å². The molecule has 5 heteroatoms. The molecule has 0 saturated carbocycles. The van der Waals surface area contributed by atoms with Crippen LogP contribution in [0.15, 0.2) is 17.0 Å². The lowest BCUT2D eigenvalue weighted by Crippen LogP contribution is -2.22. The average molecular weight is 281 g/mol. The average Bonchev–Trinajstić information content (AvgIpc) is 2.96. The number of hydrogen-bond acceptors (Lipinski definition) is 5. The van der Waals surface area contributed by atoms with Gasteiger partial charge in [0.25, 0.3) is 0 Å². The summed E-state index contributed by atoms with van der Waals surface area (Å²) in [6.07, 6.45) is 1.85. The Hall–Kier alpha value is -0.780. The van der Waals surface area contributed by atoms with Crippen LogP contribution in [0.3, 0.4) is 0 Å². The molecule has 2 rings (SSSR count). The van der Waals surface area contributed by atoms with Crippen molar-refractivity contribution < 1.29 is 0 Å². The van der Waals surface area contributed by atoms with Crippen LogP contribution in [0, 0.1) is 0 Å². The van der Waals surface area contributed by atoms with Crippen molar-refractivity contribution in [2.24, 2.45) is 0 Å². The van der Waals surface area contributed by atoms with Gasteiger partial charge < -0.3 is 5.32 Å². The Bertz CT molecular complexity index is 483. The van der Waals surface area contributed by atoms with Crippen LogP contribution in [0.1, 0.15) is 49.4 Å². The second-order valence-corrected chi connectivity index (χ2v) is 7.00. The summed E-state index contributed by atoms with van der Waals surface area (Å²) in [5.41, 5.74) is 1.26. The molecule has 98 valence electrons. The largest absolute Gasteiger partial charge is 0.303 e. The van der Waals surface area contributed by atoms with Gasteiger partial charge >= 0.3 is 0 Å². The van der Waals surface area contributed by atoms with Crippen molar-refractivity contribution in [2.75, 3.05) is 6.54 Å². The molecule has 0 fully saturated rings. The van der Waals surface area contributed by atoms with Gasteiger partial charge in [-0.05, 0) is 6.54 Å². The highest BCUT2D eigenvalue weighted by atomic mass is 32.1. The van der Waals surface area contributed by atoms with E-state index in [1.165, 1.54) is 0 Å². The van der Waals surface area contributed by atoms with Crippen molar-refractivity contribution in [3.8, 4) is 0 Å². The van der Waals surface area contributed by atoms with Gasteiger partial charge in [-0.25, -0.2) is 9.97 Å². The van der Waals surface area contributed by atoms with Crippen LogP contribution in [-0.4, -0.2) is 16.5 Å². The standard InChI is InChI=1S/C13H19N3S2/c1-5-14-10(11-15-6-7-17-11)12-16-9(8-18-12)13(2,3)4/h6-8,10,14H,5H2,1-4H3. The maximum atomic E-state index is 4.78. The van der Waals surface area contributed by atoms with E-state index in [0.717, 1.165) is 22.3 Å². The smallest absolute Gasteiger partial charge is 0.117 e. The number of rotatable bonds is 4. The summed E-state index contributed by atoms with van der Waals surface area (Å²) >= 11 is 3.39. The highest BCUT2D eigenvalue weighted by Gasteiger charge is 2.23. The normalized spacial score (nSPS) is 13.8. The summed E-state index contributed by atoms with van der Waals surface area (Å²) in [6.45, 7) is 9.60. The lowest BCUT2D eigenvalue weighted by molar-refractivity contribution is 0.562. The predicted molar refractivity (Wildman–Crippen MR) is 78.4 cm³/mol. The molecule has 0 aliphatic rings. The SMILES string of the molecule is CCNC(c1nccs1)c1nc(C(C)(C)C)cs1. The third-order valence-corrected chi connectivity index (χ3v) is 4.39. The number of nitrogens with zero attached hydrogens (tertiary/aromatic N) is 2. The molecule has 0 aliphatic heterocycles. The summed E-state index contributed by atoms with van der Waals surface area (Å²) in [4.78, 5) is 9.18. The van der Waals surface area contributed by atoms with Crippen molar-refractivity contribution in [3.63, 3.8) is 0 Å². The number of nitrogens with one attached hydrogen (secondary N) is 1. The Labute approximate surface area is 116 Å². The molecule has 0 saturated heterocycles. The quantitative estimate of drug-likeness (QED) is 0.930. The zero-order chi connectivity index (χ0) is 13.2. The number of thiazole rings is 2. The molecule has 0 radical (unpaired) electrons. The lowest BCUT2D eigenvalue weighted by Gasteiger charge is -2.15. The Balaban J connectivity index is 2.29. The fraction of sp³-hybridized carbons (Fsp3) is 0.538. The van der Waals surface area contributed by atoms with Gasteiger partial charge in [-0.3, -0.25) is 0 Å². The molecule has 2 aromatic heterocycles. The molecule has 0 spiro atoms. The van der Waals surface area contributed by atoms with Crippen LogP contribution in [-0.2, 0) is 5.41 Å². The Morgan fingerprint density at radius 3 is 2.56 bits per heavy atom. The first-order valence-electron chi connectivity index (χ1n) is 6.11. The van der Waals surface area contributed by atoms with Crippen LogP contribution in [0.4, 0.5) is 0 Å². The fourth-order valence-electron chi connectivity index (χ4n) is 1.63. The zero-order valence-corrected chi connectivity index (χ0v) is 12.9. The third kappa shape index (κ3) is 2.96. The van der Waals surface area contributed by atoms with E-state index in [4.69, 9.17) is 4.98 Å². The first-order chi connectivity index (χ1) is 8.52. The van der Waals surface area contributed by atoms with Gasteiger partial charge in [0.1, 0.15) is 16.1 Å². The van der Waals surface area contributed by atoms with Crippen LogP contribution in [0.25, 0.3) is 0 Å². The van der Waals surface area contributed by atoms with Gasteiger partial charge in [0, 0.05) is 22.4 Å². The van der Waals surface area contributed by atoms with Crippen molar-refractivity contribution >= 4 is 22.7 Å². The second-order valence-electron chi connectivity index (χ2n) is 5.18. The number of aromatic nitrogens is 2.